The second-order valence-corrected chi connectivity index (χ2v) is 4.11. The van der Waals surface area contributed by atoms with Crippen LogP contribution in [0, 0.1) is 5.82 Å². The number of nitrogens with zero attached hydrogens (tertiary/aromatic N) is 1. The van der Waals surface area contributed by atoms with E-state index in [0.29, 0.717) is 18.5 Å². The summed E-state index contributed by atoms with van der Waals surface area (Å²) in [6.07, 6.45) is 0.521. The molecule has 1 saturated heterocycles. The Balaban J connectivity index is 2.34. The van der Waals surface area contributed by atoms with E-state index < -0.39 is 11.9 Å². The molecule has 90 valence electrons. The van der Waals surface area contributed by atoms with E-state index >= 15 is 0 Å². The standard InChI is InChI=1S/C12H13FN2O2/c1-7(16)8-2-3-11(9(13)6-8)15-5-4-10(14)12(15)17/h2-3,6,10H,4-5,14H2,1H3. The van der Waals surface area contributed by atoms with Crippen LogP contribution in [0.15, 0.2) is 18.2 Å². The van der Waals surface area contributed by atoms with E-state index in [1.54, 1.807) is 0 Å². The van der Waals surface area contributed by atoms with E-state index in [1.165, 1.54) is 24.0 Å². The Bertz CT molecular complexity index is 487. The molecule has 1 fully saturated rings. The van der Waals surface area contributed by atoms with Crippen molar-refractivity contribution in [3.8, 4) is 0 Å². The Morgan fingerprint density at radius 1 is 1.53 bits per heavy atom. The zero-order chi connectivity index (χ0) is 12.6. The van der Waals surface area contributed by atoms with E-state index in [1.807, 2.05) is 0 Å². The number of carbonyl (C=O) groups is 2. The lowest BCUT2D eigenvalue weighted by Gasteiger charge is -2.17. The molecule has 1 aromatic carbocycles. The number of hydrogen-bond donors (Lipinski definition) is 1. The minimum atomic E-state index is -0.569. The molecule has 0 aliphatic carbocycles. The predicted molar refractivity (Wildman–Crippen MR) is 61.3 cm³/mol. The van der Waals surface area contributed by atoms with E-state index in [-0.39, 0.29) is 17.4 Å². The molecule has 1 aliphatic rings. The number of rotatable bonds is 2. The Hall–Kier alpha value is -1.75. The molecule has 1 amide bonds. The fourth-order valence-electron chi connectivity index (χ4n) is 1.89. The van der Waals surface area contributed by atoms with Crippen molar-refractivity contribution in [3.05, 3.63) is 29.6 Å². The Morgan fingerprint density at radius 3 is 2.71 bits per heavy atom. The zero-order valence-electron chi connectivity index (χ0n) is 9.44. The van der Waals surface area contributed by atoms with E-state index in [4.69, 9.17) is 5.73 Å². The molecule has 0 radical (unpaired) electrons. The van der Waals surface area contributed by atoms with Gasteiger partial charge in [-0.15, -0.1) is 0 Å². The van der Waals surface area contributed by atoms with Crippen LogP contribution in [0.3, 0.4) is 0 Å². The van der Waals surface area contributed by atoms with Crippen LogP contribution in [-0.2, 0) is 4.79 Å². The molecule has 2 rings (SSSR count). The van der Waals surface area contributed by atoms with Gasteiger partial charge in [-0.2, -0.15) is 0 Å². The molecule has 1 aromatic rings. The number of Topliss-reactive ketones (excluding diaryl/α,β-unsaturated/α-hetero) is 1. The highest BCUT2D eigenvalue weighted by molar-refractivity contribution is 6.00. The quantitative estimate of drug-likeness (QED) is 0.782. The number of amides is 1. The monoisotopic (exact) mass is 236 g/mol. The van der Waals surface area contributed by atoms with Gasteiger partial charge < -0.3 is 10.6 Å². The molecule has 2 N–H and O–H groups in total. The maximum Gasteiger partial charge on any atom is 0.244 e. The first kappa shape index (κ1) is 11.7. The minimum absolute atomic E-state index is 0.188. The molecule has 4 nitrogen and oxygen atoms in total. The van der Waals surface area contributed by atoms with Gasteiger partial charge in [0.25, 0.3) is 0 Å². The van der Waals surface area contributed by atoms with Crippen LogP contribution in [0.1, 0.15) is 23.7 Å². The van der Waals surface area contributed by atoms with Gasteiger partial charge in [0, 0.05) is 12.1 Å². The number of ketones is 1. The first-order valence-electron chi connectivity index (χ1n) is 5.38. The average Bonchev–Trinajstić information content (AvgIpc) is 2.60. The minimum Gasteiger partial charge on any atom is -0.320 e. The van der Waals surface area contributed by atoms with Crippen LogP contribution in [0.2, 0.25) is 0 Å². The highest BCUT2D eigenvalue weighted by atomic mass is 19.1. The van der Waals surface area contributed by atoms with Crippen molar-refractivity contribution >= 4 is 17.4 Å². The summed E-state index contributed by atoms with van der Waals surface area (Å²) in [7, 11) is 0. The highest BCUT2D eigenvalue weighted by Gasteiger charge is 2.31. The first-order valence-corrected chi connectivity index (χ1v) is 5.38. The maximum atomic E-state index is 13.8. The molecule has 0 bridgehead atoms. The van der Waals surface area contributed by atoms with Crippen LogP contribution in [0.4, 0.5) is 10.1 Å². The van der Waals surface area contributed by atoms with Crippen molar-refractivity contribution in [2.24, 2.45) is 5.73 Å². The Kier molecular flexibility index (Phi) is 2.93. The van der Waals surface area contributed by atoms with Crippen molar-refractivity contribution in [2.45, 2.75) is 19.4 Å². The number of nitrogens with two attached hydrogens (primary N) is 1. The molecular formula is C12H13FN2O2. The van der Waals surface area contributed by atoms with Gasteiger partial charge in [-0.05, 0) is 31.5 Å². The molecule has 5 heteroatoms. The third-order valence-corrected chi connectivity index (χ3v) is 2.89. The highest BCUT2D eigenvalue weighted by Crippen LogP contribution is 2.25. The summed E-state index contributed by atoms with van der Waals surface area (Å²) in [4.78, 5) is 24.0. The Morgan fingerprint density at radius 2 is 2.24 bits per heavy atom. The molecule has 1 heterocycles. The summed E-state index contributed by atoms with van der Waals surface area (Å²) < 4.78 is 13.8. The predicted octanol–water partition coefficient (Wildman–Crippen LogP) is 1.09. The summed E-state index contributed by atoms with van der Waals surface area (Å²) in [5, 5.41) is 0. The topological polar surface area (TPSA) is 63.4 Å². The van der Waals surface area contributed by atoms with Crippen molar-refractivity contribution in [1.29, 1.82) is 0 Å². The van der Waals surface area contributed by atoms with Crippen LogP contribution in [0.5, 0.6) is 0 Å². The third kappa shape index (κ3) is 2.06. The molecule has 1 atom stereocenters. The lowest BCUT2D eigenvalue weighted by molar-refractivity contribution is -0.118. The van der Waals surface area contributed by atoms with Gasteiger partial charge in [0.1, 0.15) is 5.82 Å². The van der Waals surface area contributed by atoms with Gasteiger partial charge >= 0.3 is 0 Å². The number of hydrogen-bond acceptors (Lipinski definition) is 3. The molecule has 1 unspecified atom stereocenters. The summed E-state index contributed by atoms with van der Waals surface area (Å²) in [5.41, 5.74) is 6.05. The lowest BCUT2D eigenvalue weighted by Crippen LogP contribution is -2.34. The van der Waals surface area contributed by atoms with E-state index in [2.05, 4.69) is 0 Å². The molecular weight excluding hydrogens is 223 g/mol. The van der Waals surface area contributed by atoms with Crippen LogP contribution in [-0.4, -0.2) is 24.3 Å². The van der Waals surface area contributed by atoms with E-state index in [0.717, 1.165) is 6.07 Å². The fraction of sp³-hybridized carbons (Fsp3) is 0.333. The van der Waals surface area contributed by atoms with E-state index in [9.17, 15) is 14.0 Å². The molecule has 0 spiro atoms. The smallest absolute Gasteiger partial charge is 0.244 e. The van der Waals surface area contributed by atoms with Crippen LogP contribution >= 0.6 is 0 Å². The Labute approximate surface area is 98.2 Å². The van der Waals surface area contributed by atoms with Gasteiger partial charge in [0.15, 0.2) is 5.78 Å². The number of anilines is 1. The first-order chi connectivity index (χ1) is 8.00. The second-order valence-electron chi connectivity index (χ2n) is 4.11. The second kappa shape index (κ2) is 4.25. The van der Waals surface area contributed by atoms with Crippen molar-refractivity contribution in [2.75, 3.05) is 11.4 Å². The molecule has 17 heavy (non-hydrogen) atoms. The van der Waals surface area contributed by atoms with Crippen LogP contribution < -0.4 is 10.6 Å². The molecule has 0 aromatic heterocycles. The zero-order valence-corrected chi connectivity index (χ0v) is 9.44. The average molecular weight is 236 g/mol. The molecule has 0 saturated carbocycles. The number of halogens is 1. The van der Waals surface area contributed by atoms with Gasteiger partial charge in [0.05, 0.1) is 11.7 Å². The summed E-state index contributed by atoms with van der Waals surface area (Å²) in [6.45, 7) is 1.78. The van der Waals surface area contributed by atoms with Gasteiger partial charge in [-0.25, -0.2) is 4.39 Å². The van der Waals surface area contributed by atoms with Crippen molar-refractivity contribution in [1.82, 2.24) is 0 Å². The van der Waals surface area contributed by atoms with Crippen molar-refractivity contribution < 1.29 is 14.0 Å². The SMILES string of the molecule is CC(=O)c1ccc(N2CCC(N)C2=O)c(F)c1. The van der Waals surface area contributed by atoms with Gasteiger partial charge in [-0.1, -0.05) is 0 Å². The van der Waals surface area contributed by atoms with Gasteiger partial charge in [-0.3, -0.25) is 9.59 Å². The number of carbonyl (C=O) groups excluding carboxylic acids is 2. The lowest BCUT2D eigenvalue weighted by atomic mass is 10.1. The normalized spacial score (nSPS) is 19.8. The fourth-order valence-corrected chi connectivity index (χ4v) is 1.89. The molecule has 1 aliphatic heterocycles. The van der Waals surface area contributed by atoms with Gasteiger partial charge in [0.2, 0.25) is 5.91 Å². The van der Waals surface area contributed by atoms with Crippen LogP contribution in [0.25, 0.3) is 0 Å². The maximum absolute atomic E-state index is 13.8. The van der Waals surface area contributed by atoms with Crippen molar-refractivity contribution in [3.63, 3.8) is 0 Å². The summed E-state index contributed by atoms with van der Waals surface area (Å²) in [6, 6.07) is 3.55. The largest absolute Gasteiger partial charge is 0.320 e. The summed E-state index contributed by atoms with van der Waals surface area (Å²) in [5.74, 6) is -1.06. The number of benzene rings is 1. The summed E-state index contributed by atoms with van der Waals surface area (Å²) >= 11 is 0. The third-order valence-electron chi connectivity index (χ3n) is 2.89.